The van der Waals surface area contributed by atoms with Crippen LogP contribution in [0.3, 0.4) is 0 Å². The highest BCUT2D eigenvalue weighted by Crippen LogP contribution is 2.39. The monoisotopic (exact) mass is 787 g/mol. The maximum absolute atomic E-state index is 12.6. The highest BCUT2D eigenvalue weighted by Gasteiger charge is 2.35. The molecule has 4 aromatic carbocycles. The SMILES string of the molecule is COc1cc2nccc(Oc3ccc(N)cc3)c2cc1OC.COc1cc2nccc(Oc3ccc(NC(=O)Nc4nnc(C(F)(F)F)s4)cc3)c2cc1OC. The van der Waals surface area contributed by atoms with Crippen LogP contribution in [0.2, 0.25) is 0 Å². The van der Waals surface area contributed by atoms with Gasteiger partial charge in [0.2, 0.25) is 10.1 Å². The molecule has 7 rings (SSSR count). The van der Waals surface area contributed by atoms with E-state index in [1.807, 2.05) is 30.3 Å². The zero-order valence-electron chi connectivity index (χ0n) is 30.0. The summed E-state index contributed by atoms with van der Waals surface area (Å²) in [5, 5.41) is 11.1. The van der Waals surface area contributed by atoms with Crippen LogP contribution in [0.25, 0.3) is 21.8 Å². The van der Waals surface area contributed by atoms with Crippen molar-refractivity contribution in [1.82, 2.24) is 20.2 Å². The van der Waals surface area contributed by atoms with Gasteiger partial charge in [-0.3, -0.25) is 15.3 Å². The number of nitrogen functional groups attached to an aromatic ring is 1. The van der Waals surface area contributed by atoms with E-state index in [1.165, 1.54) is 14.2 Å². The second kappa shape index (κ2) is 16.9. The van der Waals surface area contributed by atoms with Crippen LogP contribution in [0.4, 0.5) is 34.5 Å². The molecule has 18 heteroatoms. The van der Waals surface area contributed by atoms with Crippen LogP contribution in [0.15, 0.2) is 97.3 Å². The molecule has 0 unspecified atom stereocenters. The lowest BCUT2D eigenvalue weighted by Crippen LogP contribution is -2.19. The molecule has 0 radical (unpaired) electrons. The number of nitrogens with one attached hydrogen (secondary N) is 2. The molecule has 0 saturated carbocycles. The van der Waals surface area contributed by atoms with Crippen LogP contribution >= 0.6 is 11.3 Å². The summed E-state index contributed by atoms with van der Waals surface area (Å²) in [6.07, 6.45) is -1.33. The van der Waals surface area contributed by atoms with Crippen molar-refractivity contribution in [2.24, 2.45) is 0 Å². The number of alkyl halides is 3. The topological polar surface area (TPSA) is 174 Å². The Morgan fingerprint density at radius 1 is 0.625 bits per heavy atom. The molecule has 0 aliphatic rings. The Morgan fingerprint density at radius 2 is 1.09 bits per heavy atom. The number of methoxy groups -OCH3 is 4. The number of pyridine rings is 2. The Hall–Kier alpha value is -7.08. The number of rotatable bonds is 10. The molecule has 0 saturated heterocycles. The number of hydrogen-bond donors (Lipinski definition) is 3. The van der Waals surface area contributed by atoms with E-state index < -0.39 is 17.2 Å². The van der Waals surface area contributed by atoms with Gasteiger partial charge < -0.3 is 39.5 Å². The molecule has 3 heterocycles. The van der Waals surface area contributed by atoms with E-state index in [1.54, 1.807) is 81.2 Å². The van der Waals surface area contributed by atoms with Gasteiger partial charge in [-0.25, -0.2) is 4.79 Å². The lowest BCUT2D eigenvalue weighted by Gasteiger charge is -2.12. The fourth-order valence-electron chi connectivity index (χ4n) is 5.12. The van der Waals surface area contributed by atoms with Gasteiger partial charge in [-0.15, -0.1) is 10.2 Å². The molecule has 0 atom stereocenters. The molecule has 0 aliphatic heterocycles. The number of carbonyl (C=O) groups is 1. The summed E-state index contributed by atoms with van der Waals surface area (Å²) >= 11 is 0.227. The zero-order chi connectivity index (χ0) is 39.8. The molecule has 56 heavy (non-hydrogen) atoms. The van der Waals surface area contributed by atoms with Crippen molar-refractivity contribution >= 4 is 55.7 Å². The maximum atomic E-state index is 12.6. The van der Waals surface area contributed by atoms with Crippen LogP contribution in [0, 0.1) is 0 Å². The lowest BCUT2D eigenvalue weighted by atomic mass is 10.2. The van der Waals surface area contributed by atoms with Crippen LogP contribution in [-0.2, 0) is 6.18 Å². The predicted molar refractivity (Wildman–Crippen MR) is 205 cm³/mol. The molecule has 0 aliphatic carbocycles. The van der Waals surface area contributed by atoms with Gasteiger partial charge in [0.15, 0.2) is 23.0 Å². The normalized spacial score (nSPS) is 10.9. The molecule has 0 fully saturated rings. The number of halogens is 3. The van der Waals surface area contributed by atoms with Crippen molar-refractivity contribution < 1.29 is 46.4 Å². The van der Waals surface area contributed by atoms with E-state index in [9.17, 15) is 18.0 Å². The molecule has 4 N–H and O–H groups in total. The van der Waals surface area contributed by atoms with Gasteiger partial charge in [0.1, 0.15) is 23.0 Å². The largest absolute Gasteiger partial charge is 0.493 e. The number of hydrogen-bond acceptors (Lipinski definition) is 13. The molecular formula is C38H32F3N7O7S. The average molecular weight is 788 g/mol. The number of amides is 2. The third-order valence-electron chi connectivity index (χ3n) is 7.75. The van der Waals surface area contributed by atoms with Crippen molar-refractivity contribution in [3.8, 4) is 46.0 Å². The van der Waals surface area contributed by atoms with Gasteiger partial charge >= 0.3 is 12.2 Å². The second-order valence-electron chi connectivity index (χ2n) is 11.4. The van der Waals surface area contributed by atoms with Crippen molar-refractivity contribution in [2.45, 2.75) is 6.18 Å². The van der Waals surface area contributed by atoms with Crippen LogP contribution < -0.4 is 44.8 Å². The van der Waals surface area contributed by atoms with E-state index in [-0.39, 0.29) is 16.5 Å². The number of urea groups is 1. The maximum Gasteiger partial charge on any atom is 0.445 e. The Labute approximate surface area is 320 Å². The summed E-state index contributed by atoms with van der Waals surface area (Å²) in [7, 11) is 6.26. The number of ether oxygens (including phenoxy) is 6. The zero-order valence-corrected chi connectivity index (χ0v) is 30.8. The number of fused-ring (bicyclic) bond motifs is 2. The van der Waals surface area contributed by atoms with E-state index in [2.05, 4.69) is 30.8 Å². The fraction of sp³-hybridized carbons (Fsp3) is 0.132. The second-order valence-corrected chi connectivity index (χ2v) is 12.3. The van der Waals surface area contributed by atoms with Crippen LogP contribution in [0.1, 0.15) is 5.01 Å². The van der Waals surface area contributed by atoms with Gasteiger partial charge in [0.05, 0.1) is 39.5 Å². The molecule has 7 aromatic rings. The smallest absolute Gasteiger partial charge is 0.445 e. The van der Waals surface area contributed by atoms with Crippen molar-refractivity contribution in [2.75, 3.05) is 44.8 Å². The first-order valence-electron chi connectivity index (χ1n) is 16.3. The van der Waals surface area contributed by atoms with Gasteiger partial charge in [-0.2, -0.15) is 13.2 Å². The minimum atomic E-state index is -4.62. The number of aromatic nitrogens is 4. The van der Waals surface area contributed by atoms with Gasteiger partial charge in [0, 0.05) is 46.7 Å². The van der Waals surface area contributed by atoms with E-state index in [4.69, 9.17) is 34.2 Å². The summed E-state index contributed by atoms with van der Waals surface area (Å²) in [6.45, 7) is 0. The molecule has 2 amide bonds. The molecule has 0 spiro atoms. The first-order valence-corrected chi connectivity index (χ1v) is 17.1. The standard InChI is InChI=1S/C21H16F3N5O4S.C17H16N2O3/c1-31-16-9-13-14(10-17(16)32-2)25-8-7-15(13)33-12-5-3-11(4-6-12)26-19(30)27-20-29-28-18(34-20)21(22,23)24;1-20-16-9-13-14(10-17(16)21-2)19-8-7-15(13)22-12-5-3-11(18)4-6-12/h3-10H,1-2H3,(H2,26,27,29,30);3-10H,18H2,1-2H3. The number of anilines is 3. The Bertz CT molecular complexity index is 2470. The summed E-state index contributed by atoms with van der Waals surface area (Å²) in [5.41, 5.74) is 8.18. The molecule has 0 bridgehead atoms. The summed E-state index contributed by atoms with van der Waals surface area (Å²) < 4.78 is 70.9. The third kappa shape index (κ3) is 9.16. The van der Waals surface area contributed by atoms with Gasteiger partial charge in [-0.05, 0) is 72.8 Å². The van der Waals surface area contributed by atoms with Gasteiger partial charge in [-0.1, -0.05) is 11.3 Å². The van der Waals surface area contributed by atoms with E-state index in [0.29, 0.717) is 68.3 Å². The first-order chi connectivity index (χ1) is 27.0. The van der Waals surface area contributed by atoms with E-state index >= 15 is 0 Å². The number of nitrogens with zero attached hydrogens (tertiary/aromatic N) is 4. The molecular weight excluding hydrogens is 756 g/mol. The lowest BCUT2D eigenvalue weighted by molar-refractivity contribution is -0.138. The summed E-state index contributed by atoms with van der Waals surface area (Å²) in [4.78, 5) is 20.7. The number of nitrogens with two attached hydrogens (primary N) is 1. The predicted octanol–water partition coefficient (Wildman–Crippen LogP) is 9.19. The average Bonchev–Trinajstić information content (AvgIpc) is 3.68. The van der Waals surface area contributed by atoms with E-state index in [0.717, 1.165) is 10.9 Å². The summed E-state index contributed by atoms with van der Waals surface area (Å²) in [6, 6.07) is 23.5. The number of carbonyl (C=O) groups excluding carboxylic acids is 1. The molecule has 14 nitrogen and oxygen atoms in total. The Balaban J connectivity index is 0.000000208. The number of benzene rings is 4. The van der Waals surface area contributed by atoms with Crippen molar-refractivity contribution in [1.29, 1.82) is 0 Å². The van der Waals surface area contributed by atoms with Crippen LogP contribution in [0.5, 0.6) is 46.0 Å². The fourth-order valence-corrected chi connectivity index (χ4v) is 5.72. The van der Waals surface area contributed by atoms with Gasteiger partial charge in [0.25, 0.3) is 0 Å². The Morgan fingerprint density at radius 3 is 1.54 bits per heavy atom. The summed E-state index contributed by atoms with van der Waals surface area (Å²) in [5.74, 6) is 4.73. The highest BCUT2D eigenvalue weighted by atomic mass is 32.1. The van der Waals surface area contributed by atoms with Crippen LogP contribution in [-0.4, -0.2) is 54.6 Å². The first kappa shape index (κ1) is 38.6. The molecule has 3 aromatic heterocycles. The van der Waals surface area contributed by atoms with Crippen molar-refractivity contribution in [3.63, 3.8) is 0 Å². The Kier molecular flexibility index (Phi) is 11.7. The van der Waals surface area contributed by atoms with Crippen molar-refractivity contribution in [3.05, 3.63) is 102 Å². The molecule has 288 valence electrons. The highest BCUT2D eigenvalue weighted by molar-refractivity contribution is 7.15. The minimum absolute atomic E-state index is 0.227. The third-order valence-corrected chi connectivity index (χ3v) is 8.63. The quantitative estimate of drug-likeness (QED) is 0.112. The minimum Gasteiger partial charge on any atom is -0.493 e.